The number of fused-ring (bicyclic) bond motifs is 8. The minimum absolute atomic E-state index is 0.00432. The van der Waals surface area contributed by atoms with Gasteiger partial charge in [0.05, 0.1) is 50.7 Å². The predicted molar refractivity (Wildman–Crippen MR) is 333 cm³/mol. The lowest BCUT2D eigenvalue weighted by Crippen LogP contribution is -2.66. The van der Waals surface area contributed by atoms with E-state index in [1.54, 1.807) is 0 Å². The number of hydrogen-bond acceptors (Lipinski definition) is 14. The van der Waals surface area contributed by atoms with Crippen molar-refractivity contribution in [3.8, 4) is 0 Å². The van der Waals surface area contributed by atoms with Crippen molar-refractivity contribution < 1.29 is 61.7 Å². The van der Waals surface area contributed by atoms with Gasteiger partial charge in [-0.15, -0.1) is 0 Å². The van der Waals surface area contributed by atoms with E-state index in [-0.39, 0.29) is 70.3 Å². The van der Waals surface area contributed by atoms with Crippen LogP contribution in [0.15, 0.2) is 103 Å². The minimum atomic E-state index is -1.16. The summed E-state index contributed by atoms with van der Waals surface area (Å²) in [6.45, 7) is 28.4. The first-order chi connectivity index (χ1) is 41.9. The van der Waals surface area contributed by atoms with Gasteiger partial charge in [-0.1, -0.05) is 165 Å². The van der Waals surface area contributed by atoms with E-state index in [1.165, 1.54) is 11.9 Å². The number of allylic oxidation sites excluding steroid dienone is 2. The molecule has 0 bridgehead atoms. The summed E-state index contributed by atoms with van der Waals surface area (Å²) in [7, 11) is 0. The molecule has 11 unspecified atom stereocenters. The lowest BCUT2D eigenvalue weighted by Gasteiger charge is -2.71. The molecular weight excluding hydrogens is 1110 g/mol. The number of nitrogens with two attached hydrogens (primary N) is 1. The molecule has 482 valence electrons. The van der Waals surface area contributed by atoms with Gasteiger partial charge in [-0.25, -0.2) is 0 Å². The topological polar surface area (TPSA) is 162 Å². The predicted octanol–water partition coefficient (Wildman–Crippen LogP) is 13.2. The molecule has 14 nitrogen and oxygen atoms in total. The molecule has 4 saturated carbocycles. The van der Waals surface area contributed by atoms with Crippen LogP contribution in [0.3, 0.4) is 0 Å². The molecule has 3 aromatic carbocycles. The van der Waals surface area contributed by atoms with Crippen LogP contribution < -0.4 is 5.73 Å². The second-order valence-electron chi connectivity index (χ2n) is 30.8. The number of rotatable bonds is 17. The van der Waals surface area contributed by atoms with E-state index in [0.29, 0.717) is 50.4 Å². The van der Waals surface area contributed by atoms with Crippen molar-refractivity contribution in [3.05, 3.63) is 119 Å². The van der Waals surface area contributed by atoms with E-state index in [4.69, 9.17) is 57.8 Å². The smallest absolute Gasteiger partial charge is 0.315 e. The number of carbonyl (C=O) groups is 2. The van der Waals surface area contributed by atoms with Crippen LogP contribution in [0.2, 0.25) is 0 Å². The summed E-state index contributed by atoms with van der Waals surface area (Å²) in [4.78, 5) is 29.2. The SMILES string of the molecule is CC1C(OCc2ccccc2)[C@H](OCc2ccccc2)CO[C@H]1O[C@@H]1C2OC(C)(C)OC2C(OC2C(C)[C@@H](N)C(COCc3ccccc3)O[C@H]2OC(=O)[C@]23CCC(C)(C)CC2C2=CCC4C5(C)CC[C@H](C)[C@](C)(C=O)[C@@H]5CC[C@@]4(C)[C@]2(C)CC3)O[C@@H]1C. The van der Waals surface area contributed by atoms with E-state index >= 15 is 4.79 Å². The highest BCUT2D eigenvalue weighted by Gasteiger charge is 2.70. The van der Waals surface area contributed by atoms with Gasteiger partial charge in [0, 0.05) is 23.3 Å². The quantitative estimate of drug-likeness (QED) is 0.0772. The Morgan fingerprint density at radius 3 is 1.94 bits per heavy atom. The first-order valence-electron chi connectivity index (χ1n) is 33.6. The third kappa shape index (κ3) is 11.7. The molecule has 4 heterocycles. The van der Waals surface area contributed by atoms with Gasteiger partial charge in [0.1, 0.15) is 42.9 Å². The third-order valence-electron chi connectivity index (χ3n) is 24.7. The van der Waals surface area contributed by atoms with Gasteiger partial charge in [-0.05, 0) is 147 Å². The molecule has 0 aromatic heterocycles. The van der Waals surface area contributed by atoms with E-state index in [2.05, 4.69) is 85.7 Å². The number of carbonyl (C=O) groups excluding carboxylic acids is 2. The van der Waals surface area contributed by atoms with E-state index < -0.39 is 78.7 Å². The lowest BCUT2D eigenvalue weighted by molar-refractivity contribution is -0.353. The van der Waals surface area contributed by atoms with Crippen molar-refractivity contribution in [1.29, 1.82) is 0 Å². The van der Waals surface area contributed by atoms with Crippen molar-refractivity contribution >= 4 is 12.3 Å². The van der Waals surface area contributed by atoms with Crippen molar-refractivity contribution in [2.45, 2.75) is 247 Å². The zero-order chi connectivity index (χ0) is 62.2. The van der Waals surface area contributed by atoms with Crippen molar-refractivity contribution in [3.63, 3.8) is 0 Å². The number of esters is 1. The molecule has 0 radical (unpaired) electrons. The number of ether oxygens (including phenoxy) is 11. The van der Waals surface area contributed by atoms with Crippen LogP contribution in [0, 0.1) is 68.0 Å². The van der Waals surface area contributed by atoms with Crippen molar-refractivity contribution in [1.82, 2.24) is 0 Å². The Labute approximate surface area is 524 Å². The first-order valence-corrected chi connectivity index (χ1v) is 33.6. The molecule has 9 aliphatic rings. The Morgan fingerprint density at radius 2 is 1.27 bits per heavy atom. The summed E-state index contributed by atoms with van der Waals surface area (Å²) < 4.78 is 75.2. The second-order valence-corrected chi connectivity index (χ2v) is 30.8. The summed E-state index contributed by atoms with van der Waals surface area (Å²) in [5.74, 6) is -0.811. The minimum Gasteiger partial charge on any atom is -0.432 e. The van der Waals surface area contributed by atoms with Crippen LogP contribution in [-0.4, -0.2) is 105 Å². The Hall–Kier alpha value is -3.90. The van der Waals surface area contributed by atoms with Crippen LogP contribution >= 0.6 is 0 Å². The molecule has 0 amide bonds. The number of benzene rings is 3. The maximum atomic E-state index is 16.1. The number of hydrogen-bond donors (Lipinski definition) is 1. The highest BCUT2D eigenvalue weighted by atomic mass is 16.8. The van der Waals surface area contributed by atoms with Gasteiger partial charge in [-0.3, -0.25) is 4.79 Å². The van der Waals surface area contributed by atoms with Gasteiger partial charge >= 0.3 is 5.97 Å². The molecule has 0 spiro atoms. The largest absolute Gasteiger partial charge is 0.432 e. The molecule has 12 rings (SSSR count). The van der Waals surface area contributed by atoms with Crippen molar-refractivity contribution in [2.24, 2.45) is 73.7 Å². The molecule has 2 N–H and O–H groups in total. The summed E-state index contributed by atoms with van der Waals surface area (Å²) in [6.07, 6.45) is 5.57. The Balaban J connectivity index is 0.805. The standard InChI is InChI=1S/C74H103NO13/c1-45-30-32-70(9)56(71(45,10)44-76)31-33-73(12)57(70)29-28-52-53-38-68(5,6)34-36-74(53,37-35-72(52,73)11)67(77)86-65-60(46(2)58(75)54(83-65)42-78-39-49-22-16-13-17-23-49)84-66-63-62(87-69(7,8)88-63)61(48(4)82-66)85-64-47(3)59(80-41-51-26-20-15-21-27-51)55(43-81-64)79-40-50-24-18-14-19-25-50/h13-28,44-48,53-66H,29-43,75H2,1-12H3/t45-,46?,47?,48+,53?,54?,55+,56+,57?,58+,59?,60?,61-,62?,63?,64-,65-,66?,70?,71-,72+,73+,74-/m0/s1. The van der Waals surface area contributed by atoms with Gasteiger partial charge in [-0.2, -0.15) is 0 Å². The van der Waals surface area contributed by atoms with Gasteiger partial charge < -0.3 is 62.6 Å². The summed E-state index contributed by atoms with van der Waals surface area (Å²) in [6, 6.07) is 29.8. The zero-order valence-electron chi connectivity index (χ0n) is 54.7. The van der Waals surface area contributed by atoms with Crippen LogP contribution in [0.5, 0.6) is 0 Å². The zero-order valence-corrected chi connectivity index (χ0v) is 54.7. The van der Waals surface area contributed by atoms with Gasteiger partial charge in [0.15, 0.2) is 18.4 Å². The van der Waals surface area contributed by atoms with E-state index in [1.807, 2.05) is 94.4 Å². The first kappa shape index (κ1) is 64.2. The molecule has 23 atom stereocenters. The fourth-order valence-electron chi connectivity index (χ4n) is 19.0. The molecule has 5 aliphatic carbocycles. The highest BCUT2D eigenvalue weighted by molar-refractivity contribution is 5.79. The third-order valence-corrected chi connectivity index (χ3v) is 24.7. The molecular formula is C74H103NO13. The molecule has 8 fully saturated rings. The van der Waals surface area contributed by atoms with Crippen LogP contribution in [0.25, 0.3) is 0 Å². The molecule has 14 heteroatoms. The molecule has 3 aromatic rings. The molecule has 88 heavy (non-hydrogen) atoms. The average Bonchev–Trinajstić information content (AvgIpc) is 0.781. The van der Waals surface area contributed by atoms with Crippen LogP contribution in [0.4, 0.5) is 0 Å². The van der Waals surface area contributed by atoms with Crippen LogP contribution in [0.1, 0.15) is 164 Å². The Morgan fingerprint density at radius 1 is 0.648 bits per heavy atom. The van der Waals surface area contributed by atoms with E-state index in [0.717, 1.165) is 68.1 Å². The summed E-state index contributed by atoms with van der Waals surface area (Å²) in [5, 5.41) is 0. The normalized spacial score (nSPS) is 44.2. The number of aldehydes is 1. The summed E-state index contributed by atoms with van der Waals surface area (Å²) >= 11 is 0. The van der Waals surface area contributed by atoms with E-state index in [9.17, 15) is 4.79 Å². The Bertz CT molecular complexity index is 2930. The van der Waals surface area contributed by atoms with Crippen LogP contribution in [-0.2, 0) is 81.5 Å². The fraction of sp³-hybridized carbons (Fsp3) is 0.703. The lowest BCUT2D eigenvalue weighted by atomic mass is 9.33. The monoisotopic (exact) mass is 1210 g/mol. The highest BCUT2D eigenvalue weighted by Crippen LogP contribution is 2.76. The van der Waals surface area contributed by atoms with Gasteiger partial charge in [0.2, 0.25) is 6.29 Å². The second kappa shape index (κ2) is 24.9. The fourth-order valence-corrected chi connectivity index (χ4v) is 19.0. The summed E-state index contributed by atoms with van der Waals surface area (Å²) in [5.41, 5.74) is 10.6. The average molecular weight is 1210 g/mol. The molecule has 4 saturated heterocycles. The maximum absolute atomic E-state index is 16.1. The molecule has 4 aliphatic heterocycles. The van der Waals surface area contributed by atoms with Crippen molar-refractivity contribution in [2.75, 3.05) is 13.2 Å². The maximum Gasteiger partial charge on any atom is 0.315 e. The van der Waals surface area contributed by atoms with Gasteiger partial charge in [0.25, 0.3) is 0 Å². The Kier molecular flexibility index (Phi) is 18.1.